The average molecular weight is 361 g/mol. The number of carbonyl (C=O) groups is 1. The number of amides is 1. The molecule has 1 aromatic carbocycles. The maximum atomic E-state index is 13.3. The van der Waals surface area contributed by atoms with E-state index in [9.17, 15) is 9.18 Å². The predicted molar refractivity (Wildman–Crippen MR) is 98.8 cm³/mol. The van der Waals surface area contributed by atoms with Gasteiger partial charge < -0.3 is 11.1 Å². The van der Waals surface area contributed by atoms with E-state index in [0.29, 0.717) is 18.2 Å². The van der Waals surface area contributed by atoms with Gasteiger partial charge in [-0.15, -0.1) is 11.3 Å². The Balaban J connectivity index is 1.59. The first-order valence-corrected chi connectivity index (χ1v) is 9.73. The normalized spacial score (nSPS) is 16.6. The Hall–Kier alpha value is -1.79. The van der Waals surface area contributed by atoms with Crippen molar-refractivity contribution < 1.29 is 9.18 Å². The summed E-state index contributed by atoms with van der Waals surface area (Å²) in [5, 5.41) is 5.67. The second kappa shape index (κ2) is 8.54. The zero-order chi connectivity index (χ0) is 17.6. The largest absolute Gasteiger partial charge is 0.351 e. The monoisotopic (exact) mass is 361 g/mol. The summed E-state index contributed by atoms with van der Waals surface area (Å²) in [7, 11) is 0. The summed E-state index contributed by atoms with van der Waals surface area (Å²) in [4.78, 5) is 16.8. The molecule has 134 valence electrons. The molecule has 1 saturated carbocycles. The topological polar surface area (TPSA) is 68.0 Å². The van der Waals surface area contributed by atoms with Crippen LogP contribution in [0, 0.1) is 11.7 Å². The highest BCUT2D eigenvalue weighted by molar-refractivity contribution is 7.13. The molecule has 0 aliphatic heterocycles. The maximum absolute atomic E-state index is 13.3. The summed E-state index contributed by atoms with van der Waals surface area (Å²) in [5.74, 6) is 0.156. The molecule has 1 heterocycles. The van der Waals surface area contributed by atoms with Gasteiger partial charge in [0.15, 0.2) is 0 Å². The fraction of sp³-hybridized carbons (Fsp3) is 0.474. The van der Waals surface area contributed by atoms with E-state index in [1.54, 1.807) is 6.07 Å². The second-order valence-electron chi connectivity index (χ2n) is 6.64. The first-order valence-electron chi connectivity index (χ1n) is 8.85. The molecule has 6 heteroatoms. The van der Waals surface area contributed by atoms with E-state index < -0.39 is 0 Å². The van der Waals surface area contributed by atoms with Crippen LogP contribution in [-0.2, 0) is 11.2 Å². The second-order valence-corrected chi connectivity index (χ2v) is 7.50. The lowest BCUT2D eigenvalue weighted by Gasteiger charge is -2.30. The molecule has 3 N–H and O–H groups in total. The Morgan fingerprint density at radius 1 is 1.36 bits per heavy atom. The van der Waals surface area contributed by atoms with Crippen LogP contribution in [0.2, 0.25) is 0 Å². The van der Waals surface area contributed by atoms with E-state index in [2.05, 4.69) is 10.3 Å². The van der Waals surface area contributed by atoms with E-state index >= 15 is 0 Å². The van der Waals surface area contributed by atoms with Gasteiger partial charge in [0.2, 0.25) is 5.91 Å². The summed E-state index contributed by atoms with van der Waals surface area (Å²) in [6.07, 6.45) is 6.24. The summed E-state index contributed by atoms with van der Waals surface area (Å²) in [6.45, 7) is 0.474. The third kappa shape index (κ3) is 4.86. The van der Waals surface area contributed by atoms with Crippen LogP contribution in [0.15, 0.2) is 29.6 Å². The number of benzene rings is 1. The van der Waals surface area contributed by atoms with Crippen LogP contribution in [0.1, 0.15) is 37.8 Å². The van der Waals surface area contributed by atoms with Crippen LogP contribution in [-0.4, -0.2) is 23.5 Å². The molecule has 1 amide bonds. The molecule has 1 unspecified atom stereocenters. The van der Waals surface area contributed by atoms with Crippen molar-refractivity contribution in [1.29, 1.82) is 0 Å². The molecular formula is C19H24FN3OS. The SMILES string of the molecule is NCC(NC(=O)Cc1csc(-c2cccc(F)c2)n1)C1CCCCC1. The van der Waals surface area contributed by atoms with Gasteiger partial charge in [0.05, 0.1) is 12.1 Å². The van der Waals surface area contributed by atoms with Gasteiger partial charge in [-0.1, -0.05) is 31.4 Å². The molecule has 0 saturated heterocycles. The van der Waals surface area contributed by atoms with E-state index in [-0.39, 0.29) is 24.2 Å². The number of carbonyl (C=O) groups excluding carboxylic acids is 1. The van der Waals surface area contributed by atoms with Gasteiger partial charge >= 0.3 is 0 Å². The zero-order valence-corrected chi connectivity index (χ0v) is 15.0. The fourth-order valence-electron chi connectivity index (χ4n) is 3.47. The number of nitrogens with zero attached hydrogens (tertiary/aromatic N) is 1. The van der Waals surface area contributed by atoms with Gasteiger partial charge in [-0.05, 0) is 30.9 Å². The molecule has 4 nitrogen and oxygen atoms in total. The number of thiazole rings is 1. The quantitative estimate of drug-likeness (QED) is 0.827. The van der Waals surface area contributed by atoms with Crippen molar-refractivity contribution in [2.75, 3.05) is 6.54 Å². The number of nitrogens with two attached hydrogens (primary N) is 1. The van der Waals surface area contributed by atoms with Crippen LogP contribution >= 0.6 is 11.3 Å². The van der Waals surface area contributed by atoms with Gasteiger partial charge in [0.25, 0.3) is 0 Å². The molecule has 0 bridgehead atoms. The standard InChI is InChI=1S/C19H24FN3OS/c20-15-8-4-7-14(9-15)19-22-16(12-25-19)10-18(24)23-17(11-21)13-5-2-1-3-6-13/h4,7-9,12-13,17H,1-3,5-6,10-11,21H2,(H,23,24). The van der Waals surface area contributed by atoms with Crippen LogP contribution in [0.4, 0.5) is 4.39 Å². The zero-order valence-electron chi connectivity index (χ0n) is 14.2. The highest BCUT2D eigenvalue weighted by Gasteiger charge is 2.24. The lowest BCUT2D eigenvalue weighted by molar-refractivity contribution is -0.121. The Kier molecular flexibility index (Phi) is 6.15. The van der Waals surface area contributed by atoms with Gasteiger partial charge in [0.1, 0.15) is 10.8 Å². The summed E-state index contributed by atoms with van der Waals surface area (Å²) in [6, 6.07) is 6.39. The summed E-state index contributed by atoms with van der Waals surface area (Å²) < 4.78 is 13.3. The van der Waals surface area contributed by atoms with E-state index in [0.717, 1.165) is 23.4 Å². The molecule has 1 aliphatic rings. The number of rotatable bonds is 6. The average Bonchev–Trinajstić information content (AvgIpc) is 3.09. The predicted octanol–water partition coefficient (Wildman–Crippen LogP) is 3.52. The van der Waals surface area contributed by atoms with Crippen molar-refractivity contribution in [2.24, 2.45) is 11.7 Å². The number of hydrogen-bond donors (Lipinski definition) is 2. The van der Waals surface area contributed by atoms with E-state index in [4.69, 9.17) is 5.73 Å². The van der Waals surface area contributed by atoms with Crippen molar-refractivity contribution in [2.45, 2.75) is 44.6 Å². The number of halogens is 1. The Labute approximate surface area is 151 Å². The van der Waals surface area contributed by atoms with E-state index in [1.807, 2.05) is 11.4 Å². The molecule has 3 rings (SSSR count). The molecule has 1 atom stereocenters. The molecular weight excluding hydrogens is 337 g/mol. The van der Waals surface area contributed by atoms with Crippen LogP contribution < -0.4 is 11.1 Å². The van der Waals surface area contributed by atoms with Crippen molar-refractivity contribution in [3.05, 3.63) is 41.2 Å². The first-order chi connectivity index (χ1) is 12.2. The van der Waals surface area contributed by atoms with Crippen molar-refractivity contribution in [3.8, 4) is 10.6 Å². The molecule has 0 radical (unpaired) electrons. The third-order valence-electron chi connectivity index (χ3n) is 4.78. The van der Waals surface area contributed by atoms with Crippen LogP contribution in [0.5, 0.6) is 0 Å². The highest BCUT2D eigenvalue weighted by Crippen LogP contribution is 2.27. The molecule has 25 heavy (non-hydrogen) atoms. The minimum Gasteiger partial charge on any atom is -0.351 e. The number of hydrogen-bond acceptors (Lipinski definition) is 4. The number of nitrogens with one attached hydrogen (secondary N) is 1. The molecule has 2 aromatic rings. The molecule has 1 aliphatic carbocycles. The summed E-state index contributed by atoms with van der Waals surface area (Å²) in [5.41, 5.74) is 7.32. The van der Waals surface area contributed by atoms with Crippen molar-refractivity contribution >= 4 is 17.2 Å². The Morgan fingerprint density at radius 3 is 2.88 bits per heavy atom. The smallest absolute Gasteiger partial charge is 0.226 e. The van der Waals surface area contributed by atoms with Crippen LogP contribution in [0.3, 0.4) is 0 Å². The minimum absolute atomic E-state index is 0.0443. The minimum atomic E-state index is -0.287. The van der Waals surface area contributed by atoms with Gasteiger partial charge in [-0.2, -0.15) is 0 Å². The summed E-state index contributed by atoms with van der Waals surface area (Å²) >= 11 is 1.42. The Bertz CT molecular complexity index is 712. The fourth-order valence-corrected chi connectivity index (χ4v) is 4.29. The van der Waals surface area contributed by atoms with Crippen molar-refractivity contribution in [1.82, 2.24) is 10.3 Å². The van der Waals surface area contributed by atoms with Crippen LogP contribution in [0.25, 0.3) is 10.6 Å². The van der Waals surface area contributed by atoms with Gasteiger partial charge in [0, 0.05) is 23.5 Å². The Morgan fingerprint density at radius 2 is 2.16 bits per heavy atom. The van der Waals surface area contributed by atoms with Gasteiger partial charge in [-0.25, -0.2) is 9.37 Å². The number of aromatic nitrogens is 1. The van der Waals surface area contributed by atoms with Gasteiger partial charge in [-0.3, -0.25) is 4.79 Å². The lowest BCUT2D eigenvalue weighted by atomic mass is 9.84. The molecule has 0 spiro atoms. The molecule has 1 fully saturated rings. The lowest BCUT2D eigenvalue weighted by Crippen LogP contribution is -2.46. The molecule has 1 aromatic heterocycles. The maximum Gasteiger partial charge on any atom is 0.226 e. The first kappa shape index (κ1) is 18.0. The van der Waals surface area contributed by atoms with E-state index in [1.165, 1.54) is 42.7 Å². The van der Waals surface area contributed by atoms with Crippen molar-refractivity contribution in [3.63, 3.8) is 0 Å². The third-order valence-corrected chi connectivity index (χ3v) is 5.72. The highest BCUT2D eigenvalue weighted by atomic mass is 32.1.